The van der Waals surface area contributed by atoms with Crippen molar-refractivity contribution in [3.8, 4) is 28.1 Å². The first kappa shape index (κ1) is 17.1. The molecule has 2 heterocycles. The van der Waals surface area contributed by atoms with Crippen LogP contribution in [-0.2, 0) is 11.3 Å². The number of benzene rings is 2. The van der Waals surface area contributed by atoms with Crippen molar-refractivity contribution in [2.24, 2.45) is 0 Å². The largest absolute Gasteiger partial charge is 0.497 e. The Morgan fingerprint density at radius 2 is 1.74 bits per heavy atom. The fourth-order valence-electron chi connectivity index (χ4n) is 3.15. The fraction of sp³-hybridized carbons (Fsp3) is 0.143. The molecule has 6 nitrogen and oxygen atoms in total. The van der Waals surface area contributed by atoms with Crippen molar-refractivity contribution in [1.82, 2.24) is 14.6 Å². The lowest BCUT2D eigenvalue weighted by atomic mass is 10.1. The molecule has 0 aliphatic carbocycles. The summed E-state index contributed by atoms with van der Waals surface area (Å²) in [4.78, 5) is 17.5. The van der Waals surface area contributed by atoms with Crippen molar-refractivity contribution in [1.29, 1.82) is 0 Å². The van der Waals surface area contributed by atoms with E-state index in [4.69, 9.17) is 14.5 Å². The van der Waals surface area contributed by atoms with Crippen molar-refractivity contribution < 1.29 is 9.47 Å². The van der Waals surface area contributed by atoms with Crippen LogP contribution in [0.1, 0.15) is 5.69 Å². The Morgan fingerprint density at radius 1 is 1.00 bits per heavy atom. The molecule has 136 valence electrons. The number of nitrogens with one attached hydrogen (secondary N) is 1. The normalized spacial score (nSPS) is 11.0. The van der Waals surface area contributed by atoms with E-state index >= 15 is 0 Å². The lowest BCUT2D eigenvalue weighted by molar-refractivity contribution is 0.181. The molecule has 0 aliphatic rings. The van der Waals surface area contributed by atoms with Crippen molar-refractivity contribution in [2.45, 2.75) is 6.61 Å². The summed E-state index contributed by atoms with van der Waals surface area (Å²) >= 11 is 0. The number of nitrogens with zero attached hydrogens (tertiary/aromatic N) is 2. The van der Waals surface area contributed by atoms with Crippen molar-refractivity contribution in [3.63, 3.8) is 0 Å². The zero-order chi connectivity index (χ0) is 18.8. The van der Waals surface area contributed by atoms with E-state index in [0.29, 0.717) is 17.9 Å². The summed E-state index contributed by atoms with van der Waals surface area (Å²) in [5.74, 6) is 0.755. The second kappa shape index (κ2) is 7.09. The van der Waals surface area contributed by atoms with Crippen molar-refractivity contribution in [2.75, 3.05) is 14.2 Å². The second-order valence-corrected chi connectivity index (χ2v) is 6.13. The summed E-state index contributed by atoms with van der Waals surface area (Å²) in [7, 11) is 3.24. The number of aromatic amines is 1. The predicted molar refractivity (Wildman–Crippen MR) is 104 cm³/mol. The van der Waals surface area contributed by atoms with Crippen LogP contribution in [0.5, 0.6) is 5.75 Å². The molecule has 0 spiro atoms. The third-order valence-corrected chi connectivity index (χ3v) is 4.43. The van der Waals surface area contributed by atoms with E-state index in [1.54, 1.807) is 14.2 Å². The van der Waals surface area contributed by atoms with Gasteiger partial charge < -0.3 is 9.47 Å². The number of methoxy groups -OCH3 is 2. The number of H-pyrrole nitrogens is 1. The van der Waals surface area contributed by atoms with Gasteiger partial charge in [-0.1, -0.05) is 30.3 Å². The van der Waals surface area contributed by atoms with Crippen LogP contribution in [0.15, 0.2) is 65.5 Å². The van der Waals surface area contributed by atoms with Crippen molar-refractivity contribution in [3.05, 3.63) is 76.7 Å². The monoisotopic (exact) mass is 361 g/mol. The predicted octanol–water partition coefficient (Wildman–Crippen LogP) is 3.51. The smallest absolute Gasteiger partial charge is 0.273 e. The Hall–Kier alpha value is -3.38. The Kier molecular flexibility index (Phi) is 4.48. The molecule has 0 unspecified atom stereocenters. The van der Waals surface area contributed by atoms with Gasteiger partial charge in [0.05, 0.1) is 25.1 Å². The molecule has 4 aromatic rings. The van der Waals surface area contributed by atoms with Gasteiger partial charge in [-0.25, -0.2) is 9.50 Å². The zero-order valence-electron chi connectivity index (χ0n) is 15.1. The van der Waals surface area contributed by atoms with E-state index in [-0.39, 0.29) is 5.56 Å². The topological polar surface area (TPSA) is 68.6 Å². The molecule has 0 aliphatic heterocycles. The third-order valence-electron chi connectivity index (χ3n) is 4.43. The van der Waals surface area contributed by atoms with E-state index in [1.807, 2.05) is 54.6 Å². The summed E-state index contributed by atoms with van der Waals surface area (Å²) in [5.41, 5.74) is 4.51. The Balaban J connectivity index is 1.95. The molecule has 0 fully saturated rings. The highest BCUT2D eigenvalue weighted by Crippen LogP contribution is 2.29. The maximum atomic E-state index is 12.7. The van der Waals surface area contributed by atoms with Gasteiger partial charge in [-0.2, -0.15) is 0 Å². The van der Waals surface area contributed by atoms with Crippen LogP contribution in [-0.4, -0.2) is 28.8 Å². The first-order valence-corrected chi connectivity index (χ1v) is 8.54. The maximum Gasteiger partial charge on any atom is 0.273 e. The summed E-state index contributed by atoms with van der Waals surface area (Å²) < 4.78 is 12.0. The first-order valence-electron chi connectivity index (χ1n) is 8.54. The number of hydrogen-bond acceptors (Lipinski definition) is 4. The Morgan fingerprint density at radius 3 is 2.41 bits per heavy atom. The average molecular weight is 361 g/mol. The molecule has 0 amide bonds. The highest BCUT2D eigenvalue weighted by atomic mass is 16.5. The van der Waals surface area contributed by atoms with E-state index < -0.39 is 0 Å². The molecule has 6 heteroatoms. The number of aromatic nitrogens is 3. The van der Waals surface area contributed by atoms with Crippen LogP contribution in [0.4, 0.5) is 0 Å². The molecule has 2 aromatic heterocycles. The SMILES string of the molecule is COCc1[nH]n2c(=O)cc(-c3ccc(OC)cc3)nc2c1-c1ccccc1. The zero-order valence-corrected chi connectivity index (χ0v) is 15.1. The molecule has 4 rings (SSSR count). The highest BCUT2D eigenvalue weighted by molar-refractivity contribution is 5.81. The van der Waals surface area contributed by atoms with E-state index in [1.165, 1.54) is 10.6 Å². The van der Waals surface area contributed by atoms with Crippen LogP contribution in [0.2, 0.25) is 0 Å². The van der Waals surface area contributed by atoms with Crippen LogP contribution < -0.4 is 10.3 Å². The van der Waals surface area contributed by atoms with E-state index in [9.17, 15) is 4.79 Å². The van der Waals surface area contributed by atoms with Gasteiger partial charge in [0.15, 0.2) is 5.65 Å². The van der Waals surface area contributed by atoms with Crippen LogP contribution in [0, 0.1) is 0 Å². The molecule has 27 heavy (non-hydrogen) atoms. The highest BCUT2D eigenvalue weighted by Gasteiger charge is 2.17. The van der Waals surface area contributed by atoms with Gasteiger partial charge in [-0.05, 0) is 29.8 Å². The lowest BCUT2D eigenvalue weighted by Crippen LogP contribution is -2.14. The van der Waals surface area contributed by atoms with E-state index in [0.717, 1.165) is 28.1 Å². The van der Waals surface area contributed by atoms with Crippen LogP contribution >= 0.6 is 0 Å². The molecule has 0 saturated heterocycles. The number of ether oxygens (including phenoxy) is 2. The van der Waals surface area contributed by atoms with Gasteiger partial charge in [0, 0.05) is 24.3 Å². The van der Waals surface area contributed by atoms with Gasteiger partial charge in [0.25, 0.3) is 5.56 Å². The molecule has 0 atom stereocenters. The van der Waals surface area contributed by atoms with Gasteiger partial charge in [-0.3, -0.25) is 9.89 Å². The quantitative estimate of drug-likeness (QED) is 0.591. The second-order valence-electron chi connectivity index (χ2n) is 6.13. The summed E-state index contributed by atoms with van der Waals surface area (Å²) in [5, 5.41) is 3.13. The molecule has 0 saturated carbocycles. The van der Waals surface area contributed by atoms with Crippen molar-refractivity contribution >= 4 is 5.65 Å². The van der Waals surface area contributed by atoms with Gasteiger partial charge in [0.2, 0.25) is 0 Å². The van der Waals surface area contributed by atoms with Gasteiger partial charge in [0.1, 0.15) is 5.75 Å². The molecular weight excluding hydrogens is 342 g/mol. The average Bonchev–Trinajstić information content (AvgIpc) is 3.07. The minimum absolute atomic E-state index is 0.176. The molecule has 0 radical (unpaired) electrons. The molecule has 2 aromatic carbocycles. The number of fused-ring (bicyclic) bond motifs is 1. The summed E-state index contributed by atoms with van der Waals surface area (Å²) in [6.07, 6.45) is 0. The Bertz CT molecular complexity index is 1130. The minimum atomic E-state index is -0.176. The Labute approximate surface area is 156 Å². The van der Waals surface area contributed by atoms with Crippen LogP contribution in [0.25, 0.3) is 28.0 Å². The molecular formula is C21H19N3O3. The molecule has 0 bridgehead atoms. The number of rotatable bonds is 5. The fourth-order valence-corrected chi connectivity index (χ4v) is 3.15. The van der Waals surface area contributed by atoms with Gasteiger partial charge in [-0.15, -0.1) is 0 Å². The lowest BCUT2D eigenvalue weighted by Gasteiger charge is -2.05. The molecule has 1 N–H and O–H groups in total. The summed E-state index contributed by atoms with van der Waals surface area (Å²) in [6, 6.07) is 18.9. The summed E-state index contributed by atoms with van der Waals surface area (Å²) in [6.45, 7) is 0.352. The third kappa shape index (κ3) is 3.11. The maximum absolute atomic E-state index is 12.7. The van der Waals surface area contributed by atoms with Gasteiger partial charge >= 0.3 is 0 Å². The van der Waals surface area contributed by atoms with E-state index in [2.05, 4.69) is 5.10 Å². The first-order chi connectivity index (χ1) is 13.2. The standard InChI is InChI=1S/C21H19N3O3/c1-26-13-18-20(15-6-4-3-5-7-15)21-22-17(12-19(25)24(21)23-18)14-8-10-16(27-2)11-9-14/h3-12,23H,13H2,1-2H3. The number of hydrogen-bond donors (Lipinski definition) is 1. The van der Waals surface area contributed by atoms with Crippen LogP contribution in [0.3, 0.4) is 0 Å². The minimum Gasteiger partial charge on any atom is -0.497 e.